The van der Waals surface area contributed by atoms with Gasteiger partial charge in [-0.1, -0.05) is 6.92 Å². The van der Waals surface area contributed by atoms with Gasteiger partial charge in [-0.15, -0.1) is 0 Å². The summed E-state index contributed by atoms with van der Waals surface area (Å²) in [5, 5.41) is 2.85. The average molecular weight is 310 g/mol. The number of carbonyl (C=O) groups excluding carboxylic acids is 2. The Labute approximate surface area is 129 Å². The van der Waals surface area contributed by atoms with Crippen LogP contribution in [-0.4, -0.2) is 38.7 Å². The molecule has 2 amide bonds. The van der Waals surface area contributed by atoms with Gasteiger partial charge in [0.2, 0.25) is 5.75 Å². The molecule has 0 aliphatic rings. The summed E-state index contributed by atoms with van der Waals surface area (Å²) in [6.07, 6.45) is 0.819. The fourth-order valence-corrected chi connectivity index (χ4v) is 1.71. The van der Waals surface area contributed by atoms with Crippen molar-refractivity contribution in [2.75, 3.05) is 20.8 Å². The molecule has 0 aliphatic heterocycles. The predicted molar refractivity (Wildman–Crippen MR) is 81.5 cm³/mol. The molecule has 0 heterocycles. The second kappa shape index (κ2) is 8.11. The van der Waals surface area contributed by atoms with Crippen LogP contribution in [0.4, 0.5) is 0 Å². The Bertz CT molecular complexity index is 520. The van der Waals surface area contributed by atoms with Gasteiger partial charge in [-0.2, -0.15) is 0 Å². The van der Waals surface area contributed by atoms with Crippen LogP contribution in [0.2, 0.25) is 0 Å². The van der Waals surface area contributed by atoms with E-state index in [1.54, 1.807) is 0 Å². The lowest BCUT2D eigenvalue weighted by Gasteiger charge is -2.16. The Morgan fingerprint density at radius 1 is 1.23 bits per heavy atom. The van der Waals surface area contributed by atoms with Crippen LogP contribution in [0.5, 0.6) is 17.2 Å². The van der Waals surface area contributed by atoms with Crippen molar-refractivity contribution in [3.8, 4) is 17.2 Å². The highest BCUT2D eigenvalue weighted by Gasteiger charge is 2.19. The summed E-state index contributed by atoms with van der Waals surface area (Å²) in [5.74, 6) is -0.0659. The molecule has 1 aromatic rings. The van der Waals surface area contributed by atoms with Crippen molar-refractivity contribution in [3.63, 3.8) is 0 Å². The standard InChI is InChI=1S/C15H22N2O5/c1-5-9(2)17-15(19)10-6-11(20-3)14(12(7-10)21-4)22-8-13(16)18/h6-7,9H,5,8H2,1-4H3,(H2,16,18)(H,17,19)/t9-/m1/s1. The molecule has 0 saturated heterocycles. The van der Waals surface area contributed by atoms with E-state index < -0.39 is 5.91 Å². The van der Waals surface area contributed by atoms with Gasteiger partial charge in [-0.3, -0.25) is 9.59 Å². The fourth-order valence-electron chi connectivity index (χ4n) is 1.71. The number of hydrogen-bond donors (Lipinski definition) is 2. The van der Waals surface area contributed by atoms with Gasteiger partial charge in [0.1, 0.15) is 0 Å². The van der Waals surface area contributed by atoms with E-state index in [1.165, 1.54) is 26.4 Å². The summed E-state index contributed by atoms with van der Waals surface area (Å²) >= 11 is 0. The maximum atomic E-state index is 12.2. The highest BCUT2D eigenvalue weighted by atomic mass is 16.5. The topological polar surface area (TPSA) is 99.9 Å². The smallest absolute Gasteiger partial charge is 0.255 e. The number of ether oxygens (including phenoxy) is 3. The number of hydrogen-bond acceptors (Lipinski definition) is 5. The van der Waals surface area contributed by atoms with Crippen LogP contribution in [-0.2, 0) is 4.79 Å². The van der Waals surface area contributed by atoms with Crippen molar-refractivity contribution in [2.45, 2.75) is 26.3 Å². The van der Waals surface area contributed by atoms with Crippen LogP contribution in [0.15, 0.2) is 12.1 Å². The molecule has 3 N–H and O–H groups in total. The summed E-state index contributed by atoms with van der Waals surface area (Å²) in [6.45, 7) is 3.58. The maximum absolute atomic E-state index is 12.2. The van der Waals surface area contributed by atoms with Crippen LogP contribution < -0.4 is 25.3 Å². The van der Waals surface area contributed by atoms with Crippen LogP contribution >= 0.6 is 0 Å². The maximum Gasteiger partial charge on any atom is 0.255 e. The van der Waals surface area contributed by atoms with E-state index in [4.69, 9.17) is 19.9 Å². The largest absolute Gasteiger partial charge is 0.493 e. The molecule has 1 atom stereocenters. The van der Waals surface area contributed by atoms with E-state index in [2.05, 4.69) is 5.32 Å². The Morgan fingerprint density at radius 3 is 2.18 bits per heavy atom. The highest BCUT2D eigenvalue weighted by molar-refractivity contribution is 5.95. The number of benzene rings is 1. The second-order valence-electron chi connectivity index (χ2n) is 4.75. The zero-order chi connectivity index (χ0) is 16.7. The highest BCUT2D eigenvalue weighted by Crippen LogP contribution is 2.38. The SMILES string of the molecule is CC[C@@H](C)NC(=O)c1cc(OC)c(OCC(N)=O)c(OC)c1. The number of nitrogens with two attached hydrogens (primary N) is 1. The third-order valence-electron chi connectivity index (χ3n) is 3.07. The lowest BCUT2D eigenvalue weighted by atomic mass is 10.1. The predicted octanol–water partition coefficient (Wildman–Crippen LogP) is 1.10. The lowest BCUT2D eigenvalue weighted by molar-refractivity contribution is -0.120. The van der Waals surface area contributed by atoms with E-state index in [0.29, 0.717) is 5.56 Å². The zero-order valence-electron chi connectivity index (χ0n) is 13.3. The van der Waals surface area contributed by atoms with Gasteiger partial charge < -0.3 is 25.3 Å². The summed E-state index contributed by atoms with van der Waals surface area (Å²) < 4.78 is 15.7. The van der Waals surface area contributed by atoms with Crippen molar-refractivity contribution in [3.05, 3.63) is 17.7 Å². The minimum atomic E-state index is -0.623. The molecule has 0 unspecified atom stereocenters. The van der Waals surface area contributed by atoms with Crippen LogP contribution in [0.3, 0.4) is 0 Å². The van der Waals surface area contributed by atoms with Crippen LogP contribution in [0.25, 0.3) is 0 Å². The molecular formula is C15H22N2O5. The Kier molecular flexibility index (Phi) is 6.49. The first-order chi connectivity index (χ1) is 10.4. The van der Waals surface area contributed by atoms with E-state index in [0.717, 1.165) is 6.42 Å². The molecule has 7 heteroatoms. The summed E-state index contributed by atoms with van der Waals surface area (Å²) in [4.78, 5) is 23.0. The molecule has 1 rings (SSSR count). The first kappa shape index (κ1) is 17.6. The molecule has 22 heavy (non-hydrogen) atoms. The molecule has 0 fully saturated rings. The molecular weight excluding hydrogens is 288 g/mol. The monoisotopic (exact) mass is 310 g/mol. The summed E-state index contributed by atoms with van der Waals surface area (Å²) in [6, 6.07) is 3.10. The molecule has 122 valence electrons. The van der Waals surface area contributed by atoms with Gasteiger partial charge in [0, 0.05) is 11.6 Å². The Hall–Kier alpha value is -2.44. The van der Waals surface area contributed by atoms with Gasteiger partial charge in [-0.25, -0.2) is 0 Å². The summed E-state index contributed by atoms with van der Waals surface area (Å²) in [7, 11) is 2.87. The van der Waals surface area contributed by atoms with Crippen molar-refractivity contribution < 1.29 is 23.8 Å². The number of nitrogens with one attached hydrogen (secondary N) is 1. The first-order valence-electron chi connectivity index (χ1n) is 6.90. The number of rotatable bonds is 8. The number of primary amides is 1. The molecule has 1 aromatic carbocycles. The third-order valence-corrected chi connectivity index (χ3v) is 3.07. The van der Waals surface area contributed by atoms with Gasteiger partial charge in [0.05, 0.1) is 14.2 Å². The zero-order valence-corrected chi connectivity index (χ0v) is 13.3. The van der Waals surface area contributed by atoms with Crippen molar-refractivity contribution in [2.24, 2.45) is 5.73 Å². The number of amides is 2. The molecule has 7 nitrogen and oxygen atoms in total. The van der Waals surface area contributed by atoms with Crippen molar-refractivity contribution in [1.82, 2.24) is 5.32 Å². The van der Waals surface area contributed by atoms with Crippen molar-refractivity contribution in [1.29, 1.82) is 0 Å². The van der Waals surface area contributed by atoms with E-state index in [9.17, 15) is 9.59 Å². The quantitative estimate of drug-likeness (QED) is 0.749. The molecule has 0 aliphatic carbocycles. The lowest BCUT2D eigenvalue weighted by Crippen LogP contribution is -2.32. The second-order valence-corrected chi connectivity index (χ2v) is 4.75. The molecule has 0 radical (unpaired) electrons. The Morgan fingerprint density at radius 2 is 1.77 bits per heavy atom. The summed E-state index contributed by atoms with van der Waals surface area (Å²) in [5.41, 5.74) is 5.44. The van der Waals surface area contributed by atoms with Gasteiger partial charge >= 0.3 is 0 Å². The molecule has 0 spiro atoms. The normalized spacial score (nSPS) is 11.5. The molecule has 0 saturated carbocycles. The first-order valence-corrected chi connectivity index (χ1v) is 6.90. The average Bonchev–Trinajstić information content (AvgIpc) is 2.51. The van der Waals surface area contributed by atoms with Crippen LogP contribution in [0.1, 0.15) is 30.6 Å². The van der Waals surface area contributed by atoms with E-state index in [-0.39, 0.29) is 35.8 Å². The van der Waals surface area contributed by atoms with Crippen molar-refractivity contribution >= 4 is 11.8 Å². The molecule has 0 bridgehead atoms. The van der Waals surface area contributed by atoms with Gasteiger partial charge in [-0.05, 0) is 25.5 Å². The van der Waals surface area contributed by atoms with Gasteiger partial charge in [0.15, 0.2) is 18.1 Å². The Balaban J connectivity index is 3.12. The fraction of sp³-hybridized carbons (Fsp3) is 0.467. The minimum Gasteiger partial charge on any atom is -0.493 e. The van der Waals surface area contributed by atoms with Crippen LogP contribution in [0, 0.1) is 0 Å². The van der Waals surface area contributed by atoms with Gasteiger partial charge in [0.25, 0.3) is 11.8 Å². The third kappa shape index (κ3) is 4.54. The minimum absolute atomic E-state index is 0.0512. The van der Waals surface area contributed by atoms with E-state index in [1.807, 2.05) is 13.8 Å². The molecule has 0 aromatic heterocycles. The number of carbonyl (C=O) groups is 2. The van der Waals surface area contributed by atoms with E-state index >= 15 is 0 Å². The number of methoxy groups -OCH3 is 2.